The molecule has 2 N–H and O–H groups in total. The number of carbonyl (C=O) groups excluding carboxylic acids is 1. The molecular weight excluding hydrogens is 346 g/mol. The van der Waals surface area contributed by atoms with Crippen molar-refractivity contribution < 1.29 is 14.3 Å². The molecule has 1 aliphatic rings. The van der Waals surface area contributed by atoms with Gasteiger partial charge in [-0.25, -0.2) is 14.8 Å². The van der Waals surface area contributed by atoms with Crippen LogP contribution in [0.4, 0.5) is 4.79 Å². The highest BCUT2D eigenvalue weighted by Gasteiger charge is 2.16. The molecule has 3 heterocycles. The molecule has 0 spiro atoms. The summed E-state index contributed by atoms with van der Waals surface area (Å²) in [5.74, 6) is 2.20. The molecule has 1 aromatic carbocycles. The highest BCUT2D eigenvalue weighted by atomic mass is 16.7. The van der Waals surface area contributed by atoms with Crippen molar-refractivity contribution in [3.8, 4) is 17.3 Å². The largest absolute Gasteiger partial charge is 0.454 e. The Kier molecular flexibility index (Phi) is 4.61. The number of rotatable bonds is 5. The predicted octanol–water partition coefficient (Wildman–Crippen LogP) is 2.56. The lowest BCUT2D eigenvalue weighted by Gasteiger charge is -2.15. The van der Waals surface area contributed by atoms with Crippen LogP contribution in [-0.2, 0) is 6.54 Å². The van der Waals surface area contributed by atoms with Crippen molar-refractivity contribution in [1.82, 2.24) is 25.2 Å². The third kappa shape index (κ3) is 3.84. The van der Waals surface area contributed by atoms with Crippen molar-refractivity contribution in [3.05, 3.63) is 66.4 Å². The SMILES string of the molecule is CC(NC(=O)NCc1ccc(-n2ccnc2)nc1)c1ccc2c(c1)OCO2. The average molecular weight is 365 g/mol. The van der Waals surface area contributed by atoms with Crippen molar-refractivity contribution in [3.63, 3.8) is 0 Å². The van der Waals surface area contributed by atoms with Gasteiger partial charge in [0.15, 0.2) is 11.5 Å². The number of imidazole rings is 1. The Balaban J connectivity index is 1.30. The zero-order valence-corrected chi connectivity index (χ0v) is 14.8. The normalized spacial score (nSPS) is 13.2. The number of pyridine rings is 1. The Morgan fingerprint density at radius 2 is 2.15 bits per heavy atom. The van der Waals surface area contributed by atoms with Gasteiger partial charge in [-0.2, -0.15) is 0 Å². The summed E-state index contributed by atoms with van der Waals surface area (Å²) >= 11 is 0. The van der Waals surface area contributed by atoms with E-state index in [0.29, 0.717) is 12.3 Å². The van der Waals surface area contributed by atoms with Gasteiger partial charge in [-0.05, 0) is 36.2 Å². The van der Waals surface area contributed by atoms with Gasteiger partial charge in [-0.15, -0.1) is 0 Å². The molecule has 0 aliphatic carbocycles. The van der Waals surface area contributed by atoms with Crippen LogP contribution in [0.25, 0.3) is 5.82 Å². The van der Waals surface area contributed by atoms with Crippen LogP contribution in [0.5, 0.6) is 11.5 Å². The lowest BCUT2D eigenvalue weighted by molar-refractivity contribution is 0.174. The molecule has 2 amide bonds. The van der Waals surface area contributed by atoms with Gasteiger partial charge in [-0.1, -0.05) is 12.1 Å². The Bertz CT molecular complexity index is 925. The van der Waals surface area contributed by atoms with Gasteiger partial charge in [0.2, 0.25) is 6.79 Å². The number of hydrogen-bond donors (Lipinski definition) is 2. The number of aromatic nitrogens is 3. The fourth-order valence-electron chi connectivity index (χ4n) is 2.76. The van der Waals surface area contributed by atoms with E-state index in [1.807, 2.05) is 48.0 Å². The molecule has 0 radical (unpaired) electrons. The minimum Gasteiger partial charge on any atom is -0.454 e. The van der Waals surface area contributed by atoms with Crippen LogP contribution in [0.3, 0.4) is 0 Å². The third-order valence-electron chi connectivity index (χ3n) is 4.28. The summed E-state index contributed by atoms with van der Waals surface area (Å²) in [7, 11) is 0. The van der Waals surface area contributed by atoms with E-state index in [9.17, 15) is 4.79 Å². The van der Waals surface area contributed by atoms with Gasteiger partial charge < -0.3 is 20.1 Å². The molecule has 1 unspecified atom stereocenters. The highest BCUT2D eigenvalue weighted by molar-refractivity contribution is 5.74. The second kappa shape index (κ2) is 7.36. The van der Waals surface area contributed by atoms with E-state index in [1.54, 1.807) is 18.7 Å². The second-order valence-electron chi connectivity index (χ2n) is 6.16. The number of amides is 2. The number of carbonyl (C=O) groups is 1. The van der Waals surface area contributed by atoms with Crippen molar-refractivity contribution >= 4 is 6.03 Å². The minimum absolute atomic E-state index is 0.166. The first-order valence-electron chi connectivity index (χ1n) is 8.56. The third-order valence-corrected chi connectivity index (χ3v) is 4.28. The first-order chi connectivity index (χ1) is 13.2. The summed E-state index contributed by atoms with van der Waals surface area (Å²) in [5, 5.41) is 5.75. The van der Waals surface area contributed by atoms with Crippen molar-refractivity contribution in [1.29, 1.82) is 0 Å². The van der Waals surface area contributed by atoms with Crippen molar-refractivity contribution in [2.24, 2.45) is 0 Å². The number of nitrogens with one attached hydrogen (secondary N) is 2. The van der Waals surface area contributed by atoms with Crippen LogP contribution in [0.15, 0.2) is 55.2 Å². The molecule has 138 valence electrons. The fourth-order valence-corrected chi connectivity index (χ4v) is 2.76. The molecule has 0 bridgehead atoms. The molecule has 0 fully saturated rings. The molecule has 1 aliphatic heterocycles. The first-order valence-corrected chi connectivity index (χ1v) is 8.56. The van der Waals surface area contributed by atoms with Crippen LogP contribution in [0.2, 0.25) is 0 Å². The molecule has 8 nitrogen and oxygen atoms in total. The van der Waals surface area contributed by atoms with Gasteiger partial charge in [0.05, 0.1) is 6.04 Å². The lowest BCUT2D eigenvalue weighted by Crippen LogP contribution is -2.36. The van der Waals surface area contributed by atoms with Crippen molar-refractivity contribution in [2.75, 3.05) is 6.79 Å². The van der Waals surface area contributed by atoms with E-state index in [1.165, 1.54) is 0 Å². The monoisotopic (exact) mass is 365 g/mol. The summed E-state index contributed by atoms with van der Waals surface area (Å²) in [5.41, 5.74) is 1.85. The molecule has 0 saturated heterocycles. The van der Waals surface area contributed by atoms with E-state index >= 15 is 0 Å². The zero-order chi connectivity index (χ0) is 18.6. The standard InChI is InChI=1S/C19H19N5O3/c1-13(15-3-4-16-17(8-15)27-12-26-16)23-19(25)22-10-14-2-5-18(21-9-14)24-7-6-20-11-24/h2-9,11,13H,10,12H2,1H3,(H2,22,23,25). The molecule has 4 rings (SSSR count). The van der Waals surface area contributed by atoms with E-state index < -0.39 is 0 Å². The number of urea groups is 1. The number of ether oxygens (including phenoxy) is 2. The first kappa shape index (κ1) is 16.9. The minimum atomic E-state index is -0.251. The summed E-state index contributed by atoms with van der Waals surface area (Å²) in [4.78, 5) is 20.5. The molecule has 0 saturated carbocycles. The van der Waals surface area contributed by atoms with E-state index in [0.717, 1.165) is 22.7 Å². The summed E-state index contributed by atoms with van der Waals surface area (Å²) in [6, 6.07) is 9.03. The van der Waals surface area contributed by atoms with Crippen LogP contribution >= 0.6 is 0 Å². The van der Waals surface area contributed by atoms with Crippen LogP contribution in [-0.4, -0.2) is 27.4 Å². The maximum Gasteiger partial charge on any atom is 0.315 e. The van der Waals surface area contributed by atoms with E-state index in [-0.39, 0.29) is 18.9 Å². The number of nitrogens with zero attached hydrogens (tertiary/aromatic N) is 3. The van der Waals surface area contributed by atoms with Gasteiger partial charge in [0.1, 0.15) is 12.1 Å². The van der Waals surface area contributed by atoms with Gasteiger partial charge >= 0.3 is 6.03 Å². The maximum atomic E-state index is 12.2. The summed E-state index contributed by atoms with van der Waals surface area (Å²) < 4.78 is 12.5. The highest BCUT2D eigenvalue weighted by Crippen LogP contribution is 2.34. The Hall–Kier alpha value is -3.55. The Morgan fingerprint density at radius 3 is 2.93 bits per heavy atom. The van der Waals surface area contributed by atoms with Crippen LogP contribution in [0, 0.1) is 0 Å². The average Bonchev–Trinajstić information content (AvgIpc) is 3.38. The molecule has 8 heteroatoms. The van der Waals surface area contributed by atoms with Crippen molar-refractivity contribution in [2.45, 2.75) is 19.5 Å². The van der Waals surface area contributed by atoms with Gasteiger partial charge in [-0.3, -0.25) is 4.57 Å². The van der Waals surface area contributed by atoms with Crippen LogP contribution in [0.1, 0.15) is 24.1 Å². The van der Waals surface area contributed by atoms with Gasteiger partial charge in [0.25, 0.3) is 0 Å². The van der Waals surface area contributed by atoms with E-state index in [4.69, 9.17) is 9.47 Å². The van der Waals surface area contributed by atoms with E-state index in [2.05, 4.69) is 20.6 Å². The lowest BCUT2D eigenvalue weighted by atomic mass is 10.1. The Morgan fingerprint density at radius 1 is 1.26 bits per heavy atom. The number of benzene rings is 1. The molecule has 3 aromatic rings. The fraction of sp³-hybridized carbons (Fsp3) is 0.211. The smallest absolute Gasteiger partial charge is 0.315 e. The number of fused-ring (bicyclic) bond motifs is 1. The quantitative estimate of drug-likeness (QED) is 0.725. The Labute approximate surface area is 156 Å². The van der Waals surface area contributed by atoms with Crippen LogP contribution < -0.4 is 20.1 Å². The second-order valence-corrected chi connectivity index (χ2v) is 6.16. The predicted molar refractivity (Wildman–Crippen MR) is 97.7 cm³/mol. The summed E-state index contributed by atoms with van der Waals surface area (Å²) in [6.45, 7) is 2.53. The van der Waals surface area contributed by atoms with Gasteiger partial charge in [0, 0.05) is 25.1 Å². The molecule has 27 heavy (non-hydrogen) atoms. The molecule has 1 atom stereocenters. The maximum absolute atomic E-state index is 12.2. The topological polar surface area (TPSA) is 90.3 Å². The zero-order valence-electron chi connectivity index (χ0n) is 14.8. The molecule has 2 aromatic heterocycles. The molecular formula is C19H19N5O3. The summed E-state index contributed by atoms with van der Waals surface area (Å²) in [6.07, 6.45) is 6.94. The number of hydrogen-bond acceptors (Lipinski definition) is 5.